The Morgan fingerprint density at radius 1 is 1.10 bits per heavy atom. The van der Waals surface area contributed by atoms with Gasteiger partial charge in [-0.15, -0.1) is 0 Å². The lowest BCUT2D eigenvalue weighted by molar-refractivity contribution is -0.137. The first-order chi connectivity index (χ1) is 9.88. The maximum absolute atomic E-state index is 12.8. The number of aromatic nitrogens is 1. The first kappa shape index (κ1) is 14.8. The first-order valence-electron chi connectivity index (χ1n) is 5.99. The Bertz CT molecular complexity index is 708. The summed E-state index contributed by atoms with van der Waals surface area (Å²) in [5.41, 5.74) is -1.67. The summed E-state index contributed by atoms with van der Waals surface area (Å²) in [6.45, 7) is -0.355. The van der Waals surface area contributed by atoms with Crippen molar-refractivity contribution in [3.05, 3.63) is 64.6 Å². The van der Waals surface area contributed by atoms with Gasteiger partial charge in [-0.25, -0.2) is 0 Å². The highest BCUT2D eigenvalue weighted by molar-refractivity contribution is 5.91. The van der Waals surface area contributed by atoms with Gasteiger partial charge in [-0.3, -0.25) is 9.59 Å². The number of halogens is 3. The number of pyridine rings is 1. The fraction of sp³-hybridized carbons (Fsp3) is 0.143. The minimum Gasteiger partial charge on any atom is -0.324 e. The number of alkyl halides is 3. The van der Waals surface area contributed by atoms with Crippen LogP contribution >= 0.6 is 0 Å². The zero-order valence-corrected chi connectivity index (χ0v) is 10.7. The predicted octanol–water partition coefficient (Wildman–Crippen LogP) is 2.51. The highest BCUT2D eigenvalue weighted by Gasteiger charge is 2.33. The van der Waals surface area contributed by atoms with Crippen LogP contribution in [0, 0.1) is 0 Å². The number of carbonyl (C=O) groups excluding carboxylic acids is 1. The van der Waals surface area contributed by atoms with Gasteiger partial charge in [0.15, 0.2) is 0 Å². The standard InChI is InChI=1S/C14H11F3N2O2/c15-14(16,17)10-5-1-2-6-11(10)18-12(20)9-19-8-4-3-7-13(19)21/h1-8H,9H2,(H,18,20). The molecule has 0 aliphatic rings. The number of para-hydroxylation sites is 1. The molecule has 4 nitrogen and oxygen atoms in total. The van der Waals surface area contributed by atoms with Crippen LogP contribution in [0.5, 0.6) is 0 Å². The van der Waals surface area contributed by atoms with E-state index in [2.05, 4.69) is 5.32 Å². The molecular formula is C14H11F3N2O2. The largest absolute Gasteiger partial charge is 0.418 e. The van der Waals surface area contributed by atoms with Gasteiger partial charge in [-0.05, 0) is 18.2 Å². The molecular weight excluding hydrogens is 285 g/mol. The highest BCUT2D eigenvalue weighted by Crippen LogP contribution is 2.34. The normalized spacial score (nSPS) is 11.2. The molecule has 7 heteroatoms. The Morgan fingerprint density at radius 3 is 2.43 bits per heavy atom. The second kappa shape index (κ2) is 5.82. The van der Waals surface area contributed by atoms with E-state index in [0.717, 1.165) is 16.7 Å². The molecule has 1 amide bonds. The monoisotopic (exact) mass is 296 g/mol. The van der Waals surface area contributed by atoms with E-state index in [1.165, 1.54) is 30.5 Å². The van der Waals surface area contributed by atoms with E-state index < -0.39 is 23.2 Å². The van der Waals surface area contributed by atoms with Gasteiger partial charge in [0.1, 0.15) is 6.54 Å². The summed E-state index contributed by atoms with van der Waals surface area (Å²) < 4.78 is 39.5. The van der Waals surface area contributed by atoms with Gasteiger partial charge in [-0.1, -0.05) is 18.2 Å². The summed E-state index contributed by atoms with van der Waals surface area (Å²) in [4.78, 5) is 23.2. The summed E-state index contributed by atoms with van der Waals surface area (Å²) in [5.74, 6) is -0.708. The van der Waals surface area contributed by atoms with Crippen LogP contribution in [0.15, 0.2) is 53.5 Å². The lowest BCUT2D eigenvalue weighted by Gasteiger charge is -2.13. The van der Waals surface area contributed by atoms with Crippen molar-refractivity contribution >= 4 is 11.6 Å². The fourth-order valence-corrected chi connectivity index (χ4v) is 1.78. The quantitative estimate of drug-likeness (QED) is 0.946. The summed E-state index contributed by atoms with van der Waals surface area (Å²) in [7, 11) is 0. The summed E-state index contributed by atoms with van der Waals surface area (Å²) in [5, 5.41) is 2.17. The highest BCUT2D eigenvalue weighted by atomic mass is 19.4. The molecule has 0 atom stereocenters. The Hall–Kier alpha value is -2.57. The van der Waals surface area contributed by atoms with Crippen molar-refractivity contribution in [2.24, 2.45) is 0 Å². The lowest BCUT2D eigenvalue weighted by Crippen LogP contribution is -2.27. The SMILES string of the molecule is O=C(Cn1ccccc1=O)Nc1ccccc1C(F)(F)F. The van der Waals surface area contributed by atoms with Gasteiger partial charge < -0.3 is 9.88 Å². The van der Waals surface area contributed by atoms with E-state index in [1.807, 2.05) is 0 Å². The van der Waals surface area contributed by atoms with E-state index >= 15 is 0 Å². The Morgan fingerprint density at radius 2 is 1.76 bits per heavy atom. The summed E-state index contributed by atoms with van der Waals surface area (Å²) in [6.07, 6.45) is -3.18. The van der Waals surface area contributed by atoms with Crippen molar-refractivity contribution in [2.75, 3.05) is 5.32 Å². The molecule has 1 aromatic heterocycles. The van der Waals surface area contributed by atoms with Gasteiger partial charge in [0, 0.05) is 12.3 Å². The zero-order chi connectivity index (χ0) is 15.5. The molecule has 1 N–H and O–H groups in total. The number of hydrogen-bond donors (Lipinski definition) is 1. The number of hydrogen-bond acceptors (Lipinski definition) is 2. The number of carbonyl (C=O) groups is 1. The molecule has 0 spiro atoms. The molecule has 21 heavy (non-hydrogen) atoms. The maximum atomic E-state index is 12.8. The summed E-state index contributed by atoms with van der Waals surface area (Å²) >= 11 is 0. The van der Waals surface area contributed by atoms with Crippen molar-refractivity contribution in [1.29, 1.82) is 0 Å². The van der Waals surface area contributed by atoms with Crippen LogP contribution in [0.4, 0.5) is 18.9 Å². The van der Waals surface area contributed by atoms with Crippen LogP contribution in [0.1, 0.15) is 5.56 Å². The molecule has 1 aromatic carbocycles. The molecule has 2 rings (SSSR count). The molecule has 0 aliphatic carbocycles. The topological polar surface area (TPSA) is 51.1 Å². The van der Waals surface area contributed by atoms with E-state index in [9.17, 15) is 22.8 Å². The third kappa shape index (κ3) is 3.71. The van der Waals surface area contributed by atoms with Crippen molar-refractivity contribution < 1.29 is 18.0 Å². The lowest BCUT2D eigenvalue weighted by atomic mass is 10.1. The Labute approximate surface area is 117 Å². The number of benzene rings is 1. The molecule has 0 saturated heterocycles. The average molecular weight is 296 g/mol. The van der Waals surface area contributed by atoms with Crippen LogP contribution in [-0.4, -0.2) is 10.5 Å². The van der Waals surface area contributed by atoms with E-state index in [1.54, 1.807) is 6.07 Å². The number of nitrogens with one attached hydrogen (secondary N) is 1. The number of amides is 1. The minimum atomic E-state index is -4.56. The third-order valence-corrected chi connectivity index (χ3v) is 2.72. The van der Waals surface area contributed by atoms with Crippen molar-refractivity contribution in [3.8, 4) is 0 Å². The van der Waals surface area contributed by atoms with Crippen LogP contribution in [0.3, 0.4) is 0 Å². The number of nitrogens with zero attached hydrogens (tertiary/aromatic N) is 1. The first-order valence-corrected chi connectivity index (χ1v) is 5.99. The van der Waals surface area contributed by atoms with Gasteiger partial charge in [0.2, 0.25) is 5.91 Å². The van der Waals surface area contributed by atoms with Crippen molar-refractivity contribution in [2.45, 2.75) is 12.7 Å². The van der Waals surface area contributed by atoms with E-state index in [4.69, 9.17) is 0 Å². The second-order valence-corrected chi connectivity index (χ2v) is 4.26. The van der Waals surface area contributed by atoms with E-state index in [0.29, 0.717) is 0 Å². The zero-order valence-electron chi connectivity index (χ0n) is 10.7. The van der Waals surface area contributed by atoms with E-state index in [-0.39, 0.29) is 12.2 Å². The molecule has 0 bridgehead atoms. The second-order valence-electron chi connectivity index (χ2n) is 4.26. The molecule has 2 aromatic rings. The Kier molecular flexibility index (Phi) is 4.11. The van der Waals surface area contributed by atoms with Crippen LogP contribution in [0.2, 0.25) is 0 Å². The van der Waals surface area contributed by atoms with Gasteiger partial charge in [0.25, 0.3) is 5.56 Å². The molecule has 0 radical (unpaired) electrons. The molecule has 110 valence electrons. The molecule has 0 saturated carbocycles. The molecule has 0 fully saturated rings. The van der Waals surface area contributed by atoms with Crippen molar-refractivity contribution in [3.63, 3.8) is 0 Å². The molecule has 1 heterocycles. The van der Waals surface area contributed by atoms with Gasteiger partial charge >= 0.3 is 6.18 Å². The summed E-state index contributed by atoms with van der Waals surface area (Å²) in [6, 6.07) is 8.99. The number of anilines is 1. The minimum absolute atomic E-state index is 0.334. The van der Waals surface area contributed by atoms with Crippen LogP contribution < -0.4 is 10.9 Å². The van der Waals surface area contributed by atoms with Crippen molar-refractivity contribution in [1.82, 2.24) is 4.57 Å². The fourth-order valence-electron chi connectivity index (χ4n) is 1.78. The van der Waals surface area contributed by atoms with Crippen LogP contribution in [0.25, 0.3) is 0 Å². The van der Waals surface area contributed by atoms with Crippen LogP contribution in [-0.2, 0) is 17.5 Å². The average Bonchev–Trinajstić information content (AvgIpc) is 2.41. The molecule has 0 unspecified atom stereocenters. The Balaban J connectivity index is 2.18. The number of rotatable bonds is 3. The van der Waals surface area contributed by atoms with Gasteiger partial charge in [0.05, 0.1) is 11.3 Å². The smallest absolute Gasteiger partial charge is 0.324 e. The molecule has 0 aliphatic heterocycles. The van der Waals surface area contributed by atoms with Gasteiger partial charge in [-0.2, -0.15) is 13.2 Å². The third-order valence-electron chi connectivity index (χ3n) is 2.72. The maximum Gasteiger partial charge on any atom is 0.418 e. The predicted molar refractivity (Wildman–Crippen MR) is 70.8 cm³/mol.